The van der Waals surface area contributed by atoms with Gasteiger partial charge in [0.05, 0.1) is 11.4 Å². The van der Waals surface area contributed by atoms with Crippen LogP contribution in [0, 0.1) is 0 Å². The van der Waals surface area contributed by atoms with Crippen molar-refractivity contribution in [2.75, 3.05) is 24.3 Å². The summed E-state index contributed by atoms with van der Waals surface area (Å²) in [6, 6.07) is -0.874. The lowest BCUT2D eigenvalue weighted by molar-refractivity contribution is -0.140. The maximum atomic E-state index is 10.5. The number of thiol groups is 1. The summed E-state index contributed by atoms with van der Waals surface area (Å²) in [5.74, 6) is -0.548. The zero-order valence-corrected chi connectivity index (χ0v) is 14.0. The number of carboxylic acid groups (broad SMARTS) is 1. The van der Waals surface area contributed by atoms with Crippen LogP contribution in [-0.4, -0.2) is 57.0 Å². The topological polar surface area (TPSA) is 102 Å². The molecule has 0 fully saturated rings. The zero-order chi connectivity index (χ0) is 16.0. The van der Waals surface area contributed by atoms with E-state index in [9.17, 15) is 14.1 Å². The molecule has 0 aromatic carbocycles. The molecule has 2 N–H and O–H groups in total. The Morgan fingerprint density at radius 1 is 1.55 bits per heavy atom. The third-order valence-electron chi connectivity index (χ3n) is 1.87. The second kappa shape index (κ2) is 14.8. The molecule has 2 atom stereocenters. The lowest BCUT2D eigenvalue weighted by atomic mass is 10.3. The summed E-state index contributed by atoms with van der Waals surface area (Å²) in [6.07, 6.45) is 3.63. The third-order valence-corrected chi connectivity index (χ3v) is 3.23. The highest BCUT2D eigenvalue weighted by molar-refractivity contribution is 7.90. The highest BCUT2D eigenvalue weighted by atomic mass is 32.2. The van der Waals surface area contributed by atoms with Crippen molar-refractivity contribution in [3.05, 3.63) is 0 Å². The van der Waals surface area contributed by atoms with Gasteiger partial charge >= 0.3 is 5.97 Å². The molecule has 0 aromatic rings. The largest absolute Gasteiger partial charge is 0.617 e. The second-order valence-electron chi connectivity index (χ2n) is 3.73. The second-order valence-corrected chi connectivity index (χ2v) is 5.83. The number of nitrogens with zero attached hydrogens (tertiary/aromatic N) is 1. The van der Waals surface area contributed by atoms with E-state index >= 15 is 0 Å². The molecule has 0 radical (unpaired) electrons. The van der Waals surface area contributed by atoms with Gasteiger partial charge in [0.2, 0.25) is 5.91 Å². The fraction of sp³-hybridized carbons (Fsp3) is 0.727. The summed E-state index contributed by atoms with van der Waals surface area (Å²) in [4.78, 5) is 24.2. The molecule has 0 saturated heterocycles. The number of carbonyl (C=O) groups is 2. The molecule has 0 rings (SSSR count). The van der Waals surface area contributed by atoms with E-state index < -0.39 is 23.2 Å². The number of aliphatic imine (C=N–C) groups is 1. The Morgan fingerprint density at radius 3 is 2.45 bits per heavy atom. The molecule has 0 aliphatic rings. The highest BCUT2D eigenvalue weighted by Gasteiger charge is 2.15. The number of thiocarbonyl (C=S) groups is 1. The number of amides is 1. The van der Waals surface area contributed by atoms with Crippen LogP contribution >= 0.6 is 24.8 Å². The van der Waals surface area contributed by atoms with Gasteiger partial charge in [0.15, 0.2) is 0 Å². The fourth-order valence-corrected chi connectivity index (χ4v) is 1.92. The average Bonchev–Trinajstić information content (AvgIpc) is 2.35. The van der Waals surface area contributed by atoms with E-state index in [1.807, 2.05) is 0 Å². The van der Waals surface area contributed by atoms with E-state index in [1.54, 1.807) is 6.26 Å². The first-order valence-corrected chi connectivity index (χ1v) is 8.56. The number of carboxylic acids is 1. The molecule has 0 spiro atoms. The minimum atomic E-state index is -1.06. The molecule has 0 aliphatic carbocycles. The van der Waals surface area contributed by atoms with Gasteiger partial charge in [-0.3, -0.25) is 4.79 Å². The number of nitrogens with one attached hydrogen (secondary N) is 1. The van der Waals surface area contributed by atoms with Gasteiger partial charge in [-0.15, -0.1) is 0 Å². The van der Waals surface area contributed by atoms with E-state index in [2.05, 4.69) is 40.3 Å². The van der Waals surface area contributed by atoms with Gasteiger partial charge in [0.1, 0.15) is 11.8 Å². The van der Waals surface area contributed by atoms with E-state index in [0.29, 0.717) is 0 Å². The quantitative estimate of drug-likeness (QED) is 0.199. The van der Waals surface area contributed by atoms with Crippen molar-refractivity contribution in [1.82, 2.24) is 5.32 Å². The van der Waals surface area contributed by atoms with Crippen LogP contribution in [0.2, 0.25) is 0 Å². The molecule has 9 heteroatoms. The normalized spacial score (nSPS) is 12.2. The SMILES string of the molecule is CC(=O)NC(CS)C(=O)O.C[S+]([O-])CCCCN=C=S. The van der Waals surface area contributed by atoms with Gasteiger partial charge in [-0.2, -0.15) is 12.6 Å². The Kier molecular flexibility index (Phi) is 16.1. The van der Waals surface area contributed by atoms with E-state index in [1.165, 1.54) is 6.92 Å². The molecule has 0 saturated carbocycles. The van der Waals surface area contributed by atoms with Crippen molar-refractivity contribution >= 4 is 53.1 Å². The predicted octanol–water partition coefficient (Wildman–Crippen LogP) is 0.753. The molecule has 0 bridgehead atoms. The van der Waals surface area contributed by atoms with Crippen LogP contribution in [-0.2, 0) is 20.8 Å². The lowest BCUT2D eigenvalue weighted by Gasteiger charge is -2.08. The van der Waals surface area contributed by atoms with Crippen molar-refractivity contribution in [3.8, 4) is 0 Å². The van der Waals surface area contributed by atoms with Gasteiger partial charge in [-0.05, 0) is 25.1 Å². The van der Waals surface area contributed by atoms with E-state index in [-0.39, 0.29) is 11.7 Å². The minimum absolute atomic E-state index is 0.106. The maximum Gasteiger partial charge on any atom is 0.327 e. The Labute approximate surface area is 133 Å². The lowest BCUT2D eigenvalue weighted by Crippen LogP contribution is -2.40. The van der Waals surface area contributed by atoms with Crippen molar-refractivity contribution in [1.29, 1.82) is 0 Å². The standard InChI is InChI=1S/C6H11NOS2.C5H9NO3S/c1-10(8)5-3-2-4-7-6-9;1-3(7)6-4(2-10)5(8)9/h2-5H2,1H3;4,10H,2H2,1H3,(H,6,7)(H,8,9). The zero-order valence-electron chi connectivity index (χ0n) is 11.5. The monoisotopic (exact) mass is 340 g/mol. The van der Waals surface area contributed by atoms with Gasteiger partial charge in [-0.25, -0.2) is 9.79 Å². The molecule has 0 aliphatic heterocycles. The van der Waals surface area contributed by atoms with Crippen LogP contribution in [0.3, 0.4) is 0 Å². The summed E-state index contributed by atoms with van der Waals surface area (Å²) in [7, 11) is 0. The number of isothiocyanates is 1. The Bertz CT molecular complexity index is 334. The number of unbranched alkanes of at least 4 members (excludes halogenated alkanes) is 1. The van der Waals surface area contributed by atoms with Crippen molar-refractivity contribution in [3.63, 3.8) is 0 Å². The Hall–Kier alpha value is -0.600. The molecule has 6 nitrogen and oxygen atoms in total. The van der Waals surface area contributed by atoms with Crippen LogP contribution in [0.1, 0.15) is 19.8 Å². The number of aliphatic carboxylic acids is 1. The first-order valence-electron chi connectivity index (χ1n) is 5.79. The van der Waals surface area contributed by atoms with Crippen LogP contribution < -0.4 is 5.32 Å². The Morgan fingerprint density at radius 2 is 2.15 bits per heavy atom. The van der Waals surface area contributed by atoms with Crippen LogP contribution in [0.25, 0.3) is 0 Å². The predicted molar refractivity (Wildman–Crippen MR) is 87.2 cm³/mol. The molecular weight excluding hydrogens is 320 g/mol. The van der Waals surface area contributed by atoms with Crippen molar-refractivity contribution < 1.29 is 19.2 Å². The maximum absolute atomic E-state index is 10.5. The fourth-order valence-electron chi connectivity index (χ4n) is 0.973. The minimum Gasteiger partial charge on any atom is -0.617 e. The van der Waals surface area contributed by atoms with Crippen LogP contribution in [0.5, 0.6) is 0 Å². The molecule has 20 heavy (non-hydrogen) atoms. The van der Waals surface area contributed by atoms with Crippen LogP contribution in [0.15, 0.2) is 4.99 Å². The van der Waals surface area contributed by atoms with Crippen molar-refractivity contribution in [2.45, 2.75) is 25.8 Å². The van der Waals surface area contributed by atoms with Gasteiger partial charge in [0.25, 0.3) is 0 Å². The third kappa shape index (κ3) is 17.4. The summed E-state index contributed by atoms with van der Waals surface area (Å²) in [5.41, 5.74) is 0. The van der Waals surface area contributed by atoms with E-state index in [4.69, 9.17) is 5.11 Å². The number of rotatable bonds is 8. The number of hydrogen-bond acceptors (Lipinski definition) is 6. The summed E-state index contributed by atoms with van der Waals surface area (Å²) >= 11 is 7.45. The molecule has 0 aromatic heterocycles. The molecule has 2 unspecified atom stereocenters. The Balaban J connectivity index is 0. The van der Waals surface area contributed by atoms with Gasteiger partial charge < -0.3 is 15.0 Å². The average molecular weight is 340 g/mol. The van der Waals surface area contributed by atoms with E-state index in [0.717, 1.165) is 25.1 Å². The molecule has 0 heterocycles. The molecule has 116 valence electrons. The first kappa shape index (κ1) is 21.7. The molecular formula is C11H20N2O4S3. The number of carbonyl (C=O) groups excluding carboxylic acids is 1. The summed E-state index contributed by atoms with van der Waals surface area (Å²) in [6.45, 7) is 1.99. The smallest absolute Gasteiger partial charge is 0.327 e. The summed E-state index contributed by atoms with van der Waals surface area (Å²) in [5, 5.41) is 12.9. The number of hydrogen-bond donors (Lipinski definition) is 3. The summed E-state index contributed by atoms with van der Waals surface area (Å²) < 4.78 is 10.5. The molecule has 1 amide bonds. The first-order chi connectivity index (χ1) is 9.34. The van der Waals surface area contributed by atoms with Crippen LogP contribution in [0.4, 0.5) is 0 Å². The van der Waals surface area contributed by atoms with Gasteiger partial charge in [-0.1, -0.05) is 11.2 Å². The highest BCUT2D eigenvalue weighted by Crippen LogP contribution is 1.93. The van der Waals surface area contributed by atoms with Gasteiger partial charge in [0, 0.05) is 19.2 Å². The van der Waals surface area contributed by atoms with Crippen molar-refractivity contribution in [2.24, 2.45) is 4.99 Å².